The first-order valence-corrected chi connectivity index (χ1v) is 5.97. The summed E-state index contributed by atoms with van der Waals surface area (Å²) in [4.78, 5) is 21.7. The van der Waals surface area contributed by atoms with Crippen LogP contribution >= 0.6 is 0 Å². The lowest BCUT2D eigenvalue weighted by Crippen LogP contribution is -2.45. The lowest BCUT2D eigenvalue weighted by Gasteiger charge is -2.16. The smallest absolute Gasteiger partial charge is 0.315 e. The molecule has 1 aliphatic heterocycles. The number of carbonyl (C=O) groups excluding carboxylic acids is 1. The Morgan fingerprint density at radius 3 is 2.76 bits per heavy atom. The topological polar surface area (TPSA) is 87.7 Å². The van der Waals surface area contributed by atoms with E-state index in [1.807, 2.05) is 6.92 Å². The molecule has 1 saturated heterocycles. The average molecular weight is 244 g/mol. The Bertz CT molecular complexity index is 270. The number of carboxylic acids is 1. The predicted octanol–water partition coefficient (Wildman–Crippen LogP) is 0.718. The fraction of sp³-hybridized carbons (Fsp3) is 0.818. The van der Waals surface area contributed by atoms with Gasteiger partial charge in [-0.2, -0.15) is 0 Å². The van der Waals surface area contributed by atoms with Crippen molar-refractivity contribution in [1.29, 1.82) is 0 Å². The van der Waals surface area contributed by atoms with Gasteiger partial charge >= 0.3 is 12.0 Å². The molecule has 17 heavy (non-hydrogen) atoms. The van der Waals surface area contributed by atoms with Crippen molar-refractivity contribution < 1.29 is 19.4 Å². The minimum absolute atomic E-state index is 0.0627. The lowest BCUT2D eigenvalue weighted by molar-refractivity contribution is -0.137. The van der Waals surface area contributed by atoms with E-state index in [1.54, 1.807) is 0 Å². The summed E-state index contributed by atoms with van der Waals surface area (Å²) >= 11 is 0. The van der Waals surface area contributed by atoms with Crippen LogP contribution < -0.4 is 10.6 Å². The summed E-state index contributed by atoms with van der Waals surface area (Å²) in [6, 6.07) is -0.128. The molecule has 1 fully saturated rings. The molecular weight excluding hydrogens is 224 g/mol. The summed E-state index contributed by atoms with van der Waals surface area (Å²) in [6.45, 7) is 3.12. The number of urea groups is 1. The molecule has 0 aromatic heterocycles. The second-order valence-electron chi connectivity index (χ2n) is 4.22. The molecule has 2 atom stereocenters. The van der Waals surface area contributed by atoms with Gasteiger partial charge in [-0.15, -0.1) is 0 Å². The summed E-state index contributed by atoms with van der Waals surface area (Å²) in [5.41, 5.74) is 0. The van der Waals surface area contributed by atoms with E-state index in [-0.39, 0.29) is 24.6 Å². The van der Waals surface area contributed by atoms with Gasteiger partial charge in [0.15, 0.2) is 0 Å². The fourth-order valence-electron chi connectivity index (χ4n) is 1.74. The molecule has 6 heteroatoms. The molecule has 1 aliphatic rings. The fourth-order valence-corrected chi connectivity index (χ4v) is 1.74. The number of hydrogen-bond acceptors (Lipinski definition) is 3. The zero-order valence-electron chi connectivity index (χ0n) is 10.1. The van der Waals surface area contributed by atoms with Crippen molar-refractivity contribution in [3.8, 4) is 0 Å². The van der Waals surface area contributed by atoms with Crippen molar-refractivity contribution in [3.63, 3.8) is 0 Å². The summed E-state index contributed by atoms with van der Waals surface area (Å²) < 4.78 is 5.33. The average Bonchev–Trinajstić information content (AvgIpc) is 2.63. The van der Waals surface area contributed by atoms with Crippen molar-refractivity contribution in [2.24, 2.45) is 0 Å². The molecule has 0 aromatic rings. The van der Waals surface area contributed by atoms with Crippen LogP contribution in [0.3, 0.4) is 0 Å². The first kappa shape index (κ1) is 13.8. The number of aliphatic carboxylic acids is 1. The highest BCUT2D eigenvalue weighted by Crippen LogP contribution is 2.11. The molecule has 0 spiro atoms. The number of carboxylic acid groups (broad SMARTS) is 1. The van der Waals surface area contributed by atoms with Crippen LogP contribution in [-0.2, 0) is 9.53 Å². The maximum Gasteiger partial charge on any atom is 0.315 e. The number of nitrogens with one attached hydrogen (secondary N) is 2. The van der Waals surface area contributed by atoms with Crippen molar-refractivity contribution >= 4 is 12.0 Å². The van der Waals surface area contributed by atoms with Crippen molar-refractivity contribution in [3.05, 3.63) is 0 Å². The van der Waals surface area contributed by atoms with Crippen LogP contribution in [-0.4, -0.2) is 42.4 Å². The van der Waals surface area contributed by atoms with E-state index in [0.717, 1.165) is 6.42 Å². The van der Waals surface area contributed by atoms with E-state index in [9.17, 15) is 9.59 Å². The van der Waals surface area contributed by atoms with Gasteiger partial charge < -0.3 is 20.5 Å². The number of amides is 2. The van der Waals surface area contributed by atoms with Crippen LogP contribution in [0, 0.1) is 0 Å². The van der Waals surface area contributed by atoms with Gasteiger partial charge in [-0.25, -0.2) is 4.79 Å². The van der Waals surface area contributed by atoms with Crippen LogP contribution in [0.25, 0.3) is 0 Å². The van der Waals surface area contributed by atoms with Crippen molar-refractivity contribution in [1.82, 2.24) is 10.6 Å². The highest BCUT2D eigenvalue weighted by molar-refractivity contribution is 5.74. The zero-order valence-corrected chi connectivity index (χ0v) is 10.1. The van der Waals surface area contributed by atoms with Crippen LogP contribution in [0.15, 0.2) is 0 Å². The van der Waals surface area contributed by atoms with E-state index in [4.69, 9.17) is 9.84 Å². The van der Waals surface area contributed by atoms with Crippen LogP contribution in [0.5, 0.6) is 0 Å². The Balaban J connectivity index is 2.03. The first-order valence-electron chi connectivity index (χ1n) is 5.97. The maximum absolute atomic E-state index is 11.4. The molecule has 0 bridgehead atoms. The van der Waals surface area contributed by atoms with Gasteiger partial charge in [0.25, 0.3) is 0 Å². The quantitative estimate of drug-likeness (QED) is 0.601. The van der Waals surface area contributed by atoms with E-state index in [0.29, 0.717) is 26.0 Å². The Morgan fingerprint density at radius 1 is 1.41 bits per heavy atom. The standard InChI is InChI=1S/C11H20N2O4/c1-8-9(5-7-17-8)13-11(16)12-6-3-2-4-10(14)15/h8-9H,2-7H2,1H3,(H,14,15)(H2,12,13,16). The Kier molecular flexibility index (Phi) is 5.76. The first-order chi connectivity index (χ1) is 8.09. The highest BCUT2D eigenvalue weighted by atomic mass is 16.5. The normalized spacial score (nSPS) is 23.4. The van der Waals surface area contributed by atoms with E-state index < -0.39 is 5.97 Å². The number of carbonyl (C=O) groups is 2. The molecule has 2 amide bonds. The highest BCUT2D eigenvalue weighted by Gasteiger charge is 2.25. The monoisotopic (exact) mass is 244 g/mol. The summed E-state index contributed by atoms with van der Waals surface area (Å²) in [6.07, 6.45) is 2.31. The molecule has 1 heterocycles. The third-order valence-electron chi connectivity index (χ3n) is 2.80. The van der Waals surface area contributed by atoms with Gasteiger partial charge in [0.1, 0.15) is 0 Å². The third-order valence-corrected chi connectivity index (χ3v) is 2.80. The SMILES string of the molecule is CC1OCCC1NC(=O)NCCCCC(=O)O. The van der Waals surface area contributed by atoms with Gasteiger partial charge in [-0.1, -0.05) is 0 Å². The Hall–Kier alpha value is -1.30. The van der Waals surface area contributed by atoms with Crippen LogP contribution in [0.4, 0.5) is 4.79 Å². The largest absolute Gasteiger partial charge is 0.481 e. The molecule has 2 unspecified atom stereocenters. The van der Waals surface area contributed by atoms with Gasteiger partial charge in [0.2, 0.25) is 0 Å². The molecule has 0 saturated carbocycles. The number of rotatable bonds is 6. The number of hydrogen-bond donors (Lipinski definition) is 3. The van der Waals surface area contributed by atoms with Crippen molar-refractivity contribution in [2.75, 3.05) is 13.2 Å². The predicted molar refractivity (Wildman–Crippen MR) is 61.8 cm³/mol. The molecule has 3 N–H and O–H groups in total. The summed E-state index contributed by atoms with van der Waals surface area (Å²) in [5, 5.41) is 14.0. The maximum atomic E-state index is 11.4. The van der Waals surface area contributed by atoms with Crippen LogP contribution in [0.2, 0.25) is 0 Å². The van der Waals surface area contributed by atoms with Gasteiger partial charge in [-0.05, 0) is 26.2 Å². The number of ether oxygens (including phenoxy) is 1. The molecule has 98 valence electrons. The van der Waals surface area contributed by atoms with Crippen LogP contribution in [0.1, 0.15) is 32.6 Å². The minimum atomic E-state index is -0.800. The second-order valence-corrected chi connectivity index (χ2v) is 4.22. The molecule has 0 aromatic carbocycles. The third kappa shape index (κ3) is 5.53. The zero-order chi connectivity index (χ0) is 12.7. The van der Waals surface area contributed by atoms with E-state index in [2.05, 4.69) is 10.6 Å². The molecule has 0 radical (unpaired) electrons. The Labute approximate surface area is 101 Å². The minimum Gasteiger partial charge on any atom is -0.481 e. The summed E-state index contributed by atoms with van der Waals surface area (Å²) in [7, 11) is 0. The molecular formula is C11H20N2O4. The molecule has 0 aliphatic carbocycles. The van der Waals surface area contributed by atoms with E-state index in [1.165, 1.54) is 0 Å². The van der Waals surface area contributed by atoms with Gasteiger partial charge in [0, 0.05) is 19.6 Å². The molecule has 1 rings (SSSR count). The van der Waals surface area contributed by atoms with Gasteiger partial charge in [-0.3, -0.25) is 4.79 Å². The van der Waals surface area contributed by atoms with Gasteiger partial charge in [0.05, 0.1) is 12.1 Å². The number of unbranched alkanes of at least 4 members (excludes halogenated alkanes) is 1. The summed E-state index contributed by atoms with van der Waals surface area (Å²) in [5.74, 6) is -0.800. The Morgan fingerprint density at radius 2 is 2.18 bits per heavy atom. The van der Waals surface area contributed by atoms with E-state index >= 15 is 0 Å². The van der Waals surface area contributed by atoms with Crippen molar-refractivity contribution in [2.45, 2.75) is 44.8 Å². The lowest BCUT2D eigenvalue weighted by atomic mass is 10.2. The molecule has 6 nitrogen and oxygen atoms in total. The second kappa shape index (κ2) is 7.11.